The maximum absolute atomic E-state index is 11.4. The van der Waals surface area contributed by atoms with E-state index in [9.17, 15) is 4.79 Å². The highest BCUT2D eigenvalue weighted by atomic mass is 16.5. The number of amides is 1. The van der Waals surface area contributed by atoms with E-state index in [1.165, 1.54) is 0 Å². The molecule has 1 aliphatic heterocycles. The fourth-order valence-corrected chi connectivity index (χ4v) is 2.28. The lowest BCUT2D eigenvalue weighted by molar-refractivity contribution is -0.0368. The van der Waals surface area contributed by atoms with Crippen molar-refractivity contribution in [2.24, 2.45) is 5.73 Å². The third kappa shape index (κ3) is 1.74. The topological polar surface area (TPSA) is 83.0 Å². The van der Waals surface area contributed by atoms with E-state index < -0.39 is 5.91 Å². The van der Waals surface area contributed by atoms with Crippen LogP contribution in [-0.4, -0.2) is 27.3 Å². The monoisotopic (exact) mass is 246 g/mol. The third-order valence-corrected chi connectivity index (χ3v) is 3.13. The molecular formula is C12H14N4O2. The number of primary amides is 1. The molecule has 0 bridgehead atoms. The van der Waals surface area contributed by atoms with Gasteiger partial charge in [0.05, 0.1) is 5.52 Å². The summed E-state index contributed by atoms with van der Waals surface area (Å²) in [6.45, 7) is 0.720. The number of hydrogen-bond donors (Lipinski definition) is 1. The molecule has 1 aliphatic rings. The van der Waals surface area contributed by atoms with Crippen molar-refractivity contribution in [1.29, 1.82) is 0 Å². The van der Waals surface area contributed by atoms with Gasteiger partial charge in [0, 0.05) is 12.8 Å². The van der Waals surface area contributed by atoms with Crippen molar-refractivity contribution < 1.29 is 9.53 Å². The third-order valence-electron chi connectivity index (χ3n) is 3.13. The minimum absolute atomic E-state index is 0.126. The molecule has 1 fully saturated rings. The highest BCUT2D eigenvalue weighted by Crippen LogP contribution is 2.26. The lowest BCUT2D eigenvalue weighted by Gasteiger charge is -2.23. The number of nitrogens with two attached hydrogens (primary N) is 1. The maximum Gasteiger partial charge on any atom is 0.271 e. The second-order valence-electron chi connectivity index (χ2n) is 4.35. The Hall–Kier alpha value is -1.95. The van der Waals surface area contributed by atoms with Gasteiger partial charge < -0.3 is 10.5 Å². The number of nitrogens with zero attached hydrogens (tertiary/aromatic N) is 3. The van der Waals surface area contributed by atoms with Crippen LogP contribution in [-0.2, 0) is 4.74 Å². The van der Waals surface area contributed by atoms with Crippen LogP contribution in [0.4, 0.5) is 0 Å². The van der Waals surface area contributed by atoms with Crippen molar-refractivity contribution in [2.75, 3.05) is 6.61 Å². The highest BCUT2D eigenvalue weighted by Gasteiger charge is 2.23. The zero-order chi connectivity index (χ0) is 12.5. The number of carbonyl (C=O) groups excluding carboxylic acids is 1. The fraction of sp³-hybridized carbons (Fsp3) is 0.417. The molecule has 2 aromatic rings. The van der Waals surface area contributed by atoms with Gasteiger partial charge in [0.2, 0.25) is 0 Å². The molecule has 2 N–H and O–H groups in total. The number of aromatic nitrogens is 3. The van der Waals surface area contributed by atoms with E-state index in [0.29, 0.717) is 5.52 Å². The summed E-state index contributed by atoms with van der Waals surface area (Å²) in [6.07, 6.45) is 4.56. The van der Waals surface area contributed by atoms with Gasteiger partial charge in [-0.2, -0.15) is 5.10 Å². The summed E-state index contributed by atoms with van der Waals surface area (Å²) >= 11 is 0. The molecule has 3 heterocycles. The number of pyridine rings is 1. The SMILES string of the molecule is NC(=O)c1nn(C2CCCCO2)c2cccnc12. The molecule has 1 saturated heterocycles. The van der Waals surface area contributed by atoms with E-state index >= 15 is 0 Å². The minimum atomic E-state index is -0.562. The molecule has 0 radical (unpaired) electrons. The van der Waals surface area contributed by atoms with Crippen LogP contribution in [0.3, 0.4) is 0 Å². The van der Waals surface area contributed by atoms with E-state index in [0.717, 1.165) is 31.4 Å². The Morgan fingerprint density at radius 2 is 2.39 bits per heavy atom. The van der Waals surface area contributed by atoms with Gasteiger partial charge in [-0.25, -0.2) is 4.68 Å². The van der Waals surface area contributed by atoms with Crippen LogP contribution in [0, 0.1) is 0 Å². The lowest BCUT2D eigenvalue weighted by atomic mass is 10.2. The van der Waals surface area contributed by atoms with Gasteiger partial charge in [0.25, 0.3) is 5.91 Å². The summed E-state index contributed by atoms with van der Waals surface area (Å²) in [6, 6.07) is 3.69. The Bertz CT molecular complexity index is 587. The Balaban J connectivity index is 2.13. The van der Waals surface area contributed by atoms with Crippen molar-refractivity contribution in [3.8, 4) is 0 Å². The maximum atomic E-state index is 11.4. The van der Waals surface area contributed by atoms with E-state index in [1.54, 1.807) is 10.9 Å². The quantitative estimate of drug-likeness (QED) is 0.863. The average Bonchev–Trinajstić information content (AvgIpc) is 2.79. The number of fused-ring (bicyclic) bond motifs is 1. The Kier molecular flexibility index (Phi) is 2.71. The Labute approximate surface area is 104 Å². The number of rotatable bonds is 2. The van der Waals surface area contributed by atoms with Crippen molar-refractivity contribution in [2.45, 2.75) is 25.5 Å². The summed E-state index contributed by atoms with van der Waals surface area (Å²) in [7, 11) is 0. The van der Waals surface area contributed by atoms with Gasteiger partial charge in [-0.05, 0) is 31.4 Å². The molecule has 1 atom stereocenters. The standard InChI is InChI=1S/C12H14N4O2/c13-12(17)11-10-8(4-3-6-14-10)16(15-11)9-5-1-2-7-18-9/h3-4,6,9H,1-2,5,7H2,(H2,13,17). The van der Waals surface area contributed by atoms with Crippen LogP contribution < -0.4 is 5.73 Å². The van der Waals surface area contributed by atoms with Crippen LogP contribution in [0.2, 0.25) is 0 Å². The van der Waals surface area contributed by atoms with Crippen LogP contribution >= 0.6 is 0 Å². The summed E-state index contributed by atoms with van der Waals surface area (Å²) in [4.78, 5) is 15.6. The summed E-state index contributed by atoms with van der Waals surface area (Å²) in [5.74, 6) is -0.562. The van der Waals surface area contributed by atoms with Gasteiger partial charge >= 0.3 is 0 Å². The first kappa shape index (κ1) is 11.2. The van der Waals surface area contributed by atoms with Gasteiger partial charge in [-0.1, -0.05) is 0 Å². The first-order valence-electron chi connectivity index (χ1n) is 6.02. The first-order chi connectivity index (χ1) is 8.77. The molecule has 1 unspecified atom stereocenters. The molecule has 6 nitrogen and oxygen atoms in total. The number of hydrogen-bond acceptors (Lipinski definition) is 4. The molecule has 94 valence electrons. The lowest BCUT2D eigenvalue weighted by Crippen LogP contribution is -2.20. The Morgan fingerprint density at radius 3 is 3.11 bits per heavy atom. The Morgan fingerprint density at radius 1 is 1.50 bits per heavy atom. The fourth-order valence-electron chi connectivity index (χ4n) is 2.28. The molecule has 6 heteroatoms. The summed E-state index contributed by atoms with van der Waals surface area (Å²) < 4.78 is 7.41. The first-order valence-corrected chi connectivity index (χ1v) is 6.02. The molecule has 0 aromatic carbocycles. The molecule has 2 aromatic heterocycles. The zero-order valence-corrected chi connectivity index (χ0v) is 9.87. The largest absolute Gasteiger partial charge is 0.364 e. The molecule has 0 saturated carbocycles. The van der Waals surface area contributed by atoms with Gasteiger partial charge in [-0.15, -0.1) is 0 Å². The predicted molar refractivity (Wildman–Crippen MR) is 64.9 cm³/mol. The zero-order valence-electron chi connectivity index (χ0n) is 9.87. The van der Waals surface area contributed by atoms with E-state index in [4.69, 9.17) is 10.5 Å². The molecule has 0 spiro atoms. The van der Waals surface area contributed by atoms with Gasteiger partial charge in [0.15, 0.2) is 11.9 Å². The molecule has 3 rings (SSSR count). The van der Waals surface area contributed by atoms with Crippen LogP contribution in [0.5, 0.6) is 0 Å². The van der Waals surface area contributed by atoms with E-state index in [1.807, 2.05) is 12.1 Å². The van der Waals surface area contributed by atoms with Crippen LogP contribution in [0.1, 0.15) is 36.0 Å². The molecule has 0 aliphatic carbocycles. The molecule has 18 heavy (non-hydrogen) atoms. The van der Waals surface area contributed by atoms with Crippen LogP contribution in [0.15, 0.2) is 18.3 Å². The molecular weight excluding hydrogens is 232 g/mol. The number of carbonyl (C=O) groups is 1. The molecule has 1 amide bonds. The van der Waals surface area contributed by atoms with Crippen molar-refractivity contribution >= 4 is 16.9 Å². The highest BCUT2D eigenvalue weighted by molar-refractivity contribution is 6.02. The second kappa shape index (κ2) is 4.38. The minimum Gasteiger partial charge on any atom is -0.364 e. The summed E-state index contributed by atoms with van der Waals surface area (Å²) in [5.41, 5.74) is 6.87. The average molecular weight is 246 g/mol. The number of ether oxygens (including phenoxy) is 1. The predicted octanol–water partition coefficient (Wildman–Crippen LogP) is 1.23. The van der Waals surface area contributed by atoms with E-state index in [2.05, 4.69) is 10.1 Å². The van der Waals surface area contributed by atoms with Crippen molar-refractivity contribution in [3.63, 3.8) is 0 Å². The van der Waals surface area contributed by atoms with E-state index in [-0.39, 0.29) is 11.9 Å². The van der Waals surface area contributed by atoms with Gasteiger partial charge in [0.1, 0.15) is 5.52 Å². The van der Waals surface area contributed by atoms with Crippen LogP contribution in [0.25, 0.3) is 11.0 Å². The second-order valence-corrected chi connectivity index (χ2v) is 4.35. The smallest absolute Gasteiger partial charge is 0.271 e. The summed E-state index contributed by atoms with van der Waals surface area (Å²) in [5, 5.41) is 4.27. The van der Waals surface area contributed by atoms with Gasteiger partial charge in [-0.3, -0.25) is 9.78 Å². The normalized spacial score (nSPS) is 20.1. The van der Waals surface area contributed by atoms with Crippen molar-refractivity contribution in [3.05, 3.63) is 24.0 Å². The van der Waals surface area contributed by atoms with Crippen molar-refractivity contribution in [1.82, 2.24) is 14.8 Å².